The highest BCUT2D eigenvalue weighted by Crippen LogP contribution is 2.24. The summed E-state index contributed by atoms with van der Waals surface area (Å²) in [6.07, 6.45) is 0.865. The predicted octanol–water partition coefficient (Wildman–Crippen LogP) is 2.74. The normalized spacial score (nSPS) is 23.5. The van der Waals surface area contributed by atoms with Crippen LogP contribution in [0.4, 0.5) is 8.78 Å². The lowest BCUT2D eigenvalue weighted by molar-refractivity contribution is -0.0498. The maximum absolute atomic E-state index is 12.1. The highest BCUT2D eigenvalue weighted by Gasteiger charge is 2.34. The molecule has 1 aliphatic rings. The number of ether oxygens (including phenoxy) is 3. The van der Waals surface area contributed by atoms with Crippen molar-refractivity contribution in [2.75, 3.05) is 26.9 Å². The number of halogens is 2. The molecule has 1 aromatic carbocycles. The number of benzene rings is 1. The van der Waals surface area contributed by atoms with Crippen molar-refractivity contribution in [2.24, 2.45) is 0 Å². The van der Waals surface area contributed by atoms with Crippen LogP contribution in [0.15, 0.2) is 24.3 Å². The van der Waals surface area contributed by atoms with E-state index in [0.717, 1.165) is 12.0 Å². The highest BCUT2D eigenvalue weighted by molar-refractivity contribution is 5.29. The van der Waals surface area contributed by atoms with Crippen LogP contribution in [0, 0.1) is 0 Å². The Morgan fingerprint density at radius 2 is 2.05 bits per heavy atom. The van der Waals surface area contributed by atoms with Crippen LogP contribution in [-0.4, -0.2) is 39.1 Å². The number of alkyl halides is 2. The Morgan fingerprint density at radius 3 is 2.57 bits per heavy atom. The van der Waals surface area contributed by atoms with Gasteiger partial charge in [-0.1, -0.05) is 12.1 Å². The zero-order valence-electron chi connectivity index (χ0n) is 12.3. The minimum absolute atomic E-state index is 0.0817. The minimum atomic E-state index is -2.80. The first-order chi connectivity index (χ1) is 10.0. The fourth-order valence-corrected chi connectivity index (χ4v) is 2.36. The van der Waals surface area contributed by atoms with Crippen LogP contribution in [0.3, 0.4) is 0 Å². The van der Waals surface area contributed by atoms with Gasteiger partial charge in [-0.25, -0.2) is 0 Å². The fourth-order valence-electron chi connectivity index (χ4n) is 2.36. The Hall–Kier alpha value is -1.24. The van der Waals surface area contributed by atoms with E-state index in [1.54, 1.807) is 31.4 Å². The molecule has 1 saturated heterocycles. The zero-order chi connectivity index (χ0) is 15.3. The van der Waals surface area contributed by atoms with Crippen LogP contribution in [0.2, 0.25) is 0 Å². The van der Waals surface area contributed by atoms with Crippen molar-refractivity contribution in [1.29, 1.82) is 0 Å². The maximum atomic E-state index is 12.1. The number of nitrogens with one attached hydrogen (secondary N) is 1. The average Bonchev–Trinajstić information content (AvgIpc) is 2.94. The Bertz CT molecular complexity index is 433. The van der Waals surface area contributed by atoms with Crippen molar-refractivity contribution in [2.45, 2.75) is 31.6 Å². The number of methoxy groups -OCH3 is 1. The van der Waals surface area contributed by atoms with Gasteiger partial charge in [0.1, 0.15) is 11.4 Å². The molecule has 0 bridgehead atoms. The first-order valence-corrected chi connectivity index (χ1v) is 6.96. The van der Waals surface area contributed by atoms with E-state index in [-0.39, 0.29) is 17.4 Å². The summed E-state index contributed by atoms with van der Waals surface area (Å²) in [6.45, 7) is 1.20. The molecule has 4 nitrogen and oxygen atoms in total. The molecule has 1 heterocycles. The van der Waals surface area contributed by atoms with E-state index in [0.29, 0.717) is 19.8 Å². The molecule has 6 heteroatoms. The summed E-state index contributed by atoms with van der Waals surface area (Å²) >= 11 is 0. The summed E-state index contributed by atoms with van der Waals surface area (Å²) in [5.41, 5.74) is 0.731. The summed E-state index contributed by atoms with van der Waals surface area (Å²) in [5.74, 6) is 0.165. The molecule has 1 fully saturated rings. The van der Waals surface area contributed by atoms with Gasteiger partial charge in [0.15, 0.2) is 0 Å². The van der Waals surface area contributed by atoms with Crippen LogP contribution in [0.5, 0.6) is 5.75 Å². The lowest BCUT2D eigenvalue weighted by Gasteiger charge is -2.28. The first-order valence-electron chi connectivity index (χ1n) is 6.96. The predicted molar refractivity (Wildman–Crippen MR) is 74.7 cm³/mol. The van der Waals surface area contributed by atoms with Crippen LogP contribution in [-0.2, 0) is 9.47 Å². The van der Waals surface area contributed by atoms with Gasteiger partial charge in [-0.2, -0.15) is 8.78 Å². The summed E-state index contributed by atoms with van der Waals surface area (Å²) < 4.78 is 39.5. The topological polar surface area (TPSA) is 39.7 Å². The van der Waals surface area contributed by atoms with E-state index in [9.17, 15) is 8.78 Å². The van der Waals surface area contributed by atoms with Crippen molar-refractivity contribution >= 4 is 0 Å². The van der Waals surface area contributed by atoms with Gasteiger partial charge >= 0.3 is 6.61 Å². The van der Waals surface area contributed by atoms with Gasteiger partial charge < -0.3 is 19.5 Å². The molecule has 0 spiro atoms. The van der Waals surface area contributed by atoms with Crippen LogP contribution in [0.25, 0.3) is 0 Å². The zero-order valence-corrected chi connectivity index (χ0v) is 12.3. The molecule has 0 saturated carbocycles. The molecule has 1 aromatic rings. The smallest absolute Gasteiger partial charge is 0.387 e. The number of hydrogen-bond acceptors (Lipinski definition) is 4. The molecule has 2 atom stereocenters. The molecule has 1 aliphatic heterocycles. The molecular weight excluding hydrogens is 280 g/mol. The van der Waals surface area contributed by atoms with Crippen molar-refractivity contribution < 1.29 is 23.0 Å². The van der Waals surface area contributed by atoms with Gasteiger partial charge in [-0.3, -0.25) is 0 Å². The summed E-state index contributed by atoms with van der Waals surface area (Å²) in [4.78, 5) is 0. The van der Waals surface area contributed by atoms with Crippen LogP contribution < -0.4 is 10.1 Å². The van der Waals surface area contributed by atoms with E-state index in [1.165, 1.54) is 0 Å². The maximum Gasteiger partial charge on any atom is 0.387 e. The molecule has 2 rings (SSSR count). The van der Waals surface area contributed by atoms with Crippen molar-refractivity contribution in [3.8, 4) is 5.75 Å². The monoisotopic (exact) mass is 301 g/mol. The van der Waals surface area contributed by atoms with Crippen molar-refractivity contribution in [1.82, 2.24) is 5.32 Å². The van der Waals surface area contributed by atoms with Gasteiger partial charge in [0.2, 0.25) is 0 Å². The Labute approximate surface area is 123 Å². The van der Waals surface area contributed by atoms with Gasteiger partial charge in [-0.05, 0) is 24.6 Å². The average molecular weight is 301 g/mol. The highest BCUT2D eigenvalue weighted by atomic mass is 19.3. The Balaban J connectivity index is 1.89. The second-order valence-electron chi connectivity index (χ2n) is 5.24. The molecule has 0 aromatic heterocycles. The molecular formula is C15H21F2NO3. The van der Waals surface area contributed by atoms with Gasteiger partial charge in [0.25, 0.3) is 0 Å². The molecule has 0 aliphatic carbocycles. The van der Waals surface area contributed by atoms with E-state index < -0.39 is 6.61 Å². The molecule has 0 radical (unpaired) electrons. The lowest BCUT2D eigenvalue weighted by Crippen LogP contribution is -2.43. The van der Waals surface area contributed by atoms with Crippen LogP contribution in [0.1, 0.15) is 24.9 Å². The number of hydrogen-bond donors (Lipinski definition) is 1. The van der Waals surface area contributed by atoms with E-state index in [4.69, 9.17) is 9.47 Å². The van der Waals surface area contributed by atoms with Crippen LogP contribution >= 0.6 is 0 Å². The van der Waals surface area contributed by atoms with E-state index >= 15 is 0 Å². The van der Waals surface area contributed by atoms with Gasteiger partial charge in [-0.15, -0.1) is 0 Å². The molecule has 21 heavy (non-hydrogen) atoms. The Morgan fingerprint density at radius 1 is 1.33 bits per heavy atom. The van der Waals surface area contributed by atoms with Gasteiger partial charge in [0.05, 0.1) is 6.61 Å². The SMILES string of the molecule is COC1(CNC(C)c2ccc(OC(F)F)cc2)CCOC1. The summed E-state index contributed by atoms with van der Waals surface area (Å²) in [5, 5.41) is 3.40. The fraction of sp³-hybridized carbons (Fsp3) is 0.600. The van der Waals surface area contributed by atoms with E-state index in [1.807, 2.05) is 6.92 Å². The van der Waals surface area contributed by atoms with Crippen molar-refractivity contribution in [3.63, 3.8) is 0 Å². The quantitative estimate of drug-likeness (QED) is 0.840. The third-order valence-electron chi connectivity index (χ3n) is 3.84. The summed E-state index contributed by atoms with van der Waals surface area (Å²) in [6, 6.07) is 6.73. The molecule has 118 valence electrons. The minimum Gasteiger partial charge on any atom is -0.435 e. The molecule has 1 N–H and O–H groups in total. The Kier molecular flexibility index (Phi) is 5.50. The van der Waals surface area contributed by atoms with E-state index in [2.05, 4.69) is 10.1 Å². The third kappa shape index (κ3) is 4.36. The molecule has 0 amide bonds. The lowest BCUT2D eigenvalue weighted by atomic mass is 10.0. The third-order valence-corrected chi connectivity index (χ3v) is 3.84. The first kappa shape index (κ1) is 16.1. The standard InChI is InChI=1S/C15H21F2NO3/c1-11(18-9-15(19-2)7-8-20-10-15)12-3-5-13(6-4-12)21-14(16)17/h3-6,11,14,18H,7-10H2,1-2H3. The number of rotatable bonds is 7. The second-order valence-corrected chi connectivity index (χ2v) is 5.24. The summed E-state index contributed by atoms with van der Waals surface area (Å²) in [7, 11) is 1.69. The largest absolute Gasteiger partial charge is 0.435 e. The second kappa shape index (κ2) is 7.15. The van der Waals surface area contributed by atoms with Crippen molar-refractivity contribution in [3.05, 3.63) is 29.8 Å². The molecule has 2 unspecified atom stereocenters. The van der Waals surface area contributed by atoms with Gasteiger partial charge in [0, 0.05) is 32.7 Å².